The van der Waals surface area contributed by atoms with Crippen molar-refractivity contribution in [1.82, 2.24) is 24.6 Å². The van der Waals surface area contributed by atoms with E-state index < -0.39 is 12.0 Å². The molecule has 3 heterocycles. The second kappa shape index (κ2) is 14.5. The topological polar surface area (TPSA) is 136 Å². The molecule has 12 heteroatoms. The zero-order valence-electron chi connectivity index (χ0n) is 26.6. The molecule has 0 saturated heterocycles. The molecule has 0 bridgehead atoms. The first kappa shape index (κ1) is 33.6. The number of benzene rings is 2. The van der Waals surface area contributed by atoms with E-state index in [2.05, 4.69) is 39.6 Å². The molecule has 4 aromatic rings. The first-order valence-corrected chi connectivity index (χ1v) is 16.1. The summed E-state index contributed by atoms with van der Waals surface area (Å²) in [5.74, 6) is 1.08. The van der Waals surface area contributed by atoms with E-state index >= 15 is 0 Å². The Morgan fingerprint density at radius 1 is 1.07 bits per heavy atom. The zero-order valence-corrected chi connectivity index (χ0v) is 29.7. The first-order valence-electron chi connectivity index (χ1n) is 16.1. The van der Waals surface area contributed by atoms with Gasteiger partial charge in [0.05, 0.1) is 24.0 Å². The minimum absolute atomic E-state index is 0. The maximum atomic E-state index is 14.3. The van der Waals surface area contributed by atoms with E-state index in [0.717, 1.165) is 91.3 Å². The molecule has 46 heavy (non-hydrogen) atoms. The number of fused-ring (bicyclic) bond motifs is 1. The Bertz CT molecular complexity index is 1760. The Morgan fingerprint density at radius 2 is 1.80 bits per heavy atom. The van der Waals surface area contributed by atoms with Gasteiger partial charge in [-0.25, -0.2) is 19.8 Å². The van der Waals surface area contributed by atoms with E-state index in [1.54, 1.807) is 6.33 Å². The summed E-state index contributed by atoms with van der Waals surface area (Å²) in [5.41, 5.74) is 7.51. The van der Waals surface area contributed by atoms with E-state index in [1.807, 2.05) is 45.5 Å². The largest absolute Gasteiger partial charge is 1.00 e. The number of amidine groups is 1. The van der Waals surface area contributed by atoms with Crippen molar-refractivity contribution in [3.8, 4) is 11.1 Å². The third kappa shape index (κ3) is 6.83. The van der Waals surface area contributed by atoms with Gasteiger partial charge in [0.2, 0.25) is 5.78 Å². The van der Waals surface area contributed by atoms with Crippen molar-refractivity contribution in [2.75, 3.05) is 6.61 Å². The minimum Gasteiger partial charge on any atom is -0.387 e. The minimum atomic E-state index is -1.23. The summed E-state index contributed by atoms with van der Waals surface area (Å²) in [5, 5.41) is 24.7. The Balaban J connectivity index is 0.00000372. The third-order valence-electron chi connectivity index (χ3n) is 9.52. The number of aliphatic hydroxyl groups excluding tert-OH is 1. The van der Waals surface area contributed by atoms with Gasteiger partial charge in [-0.1, -0.05) is 61.9 Å². The number of aliphatic hydroxyl groups is 2. The van der Waals surface area contributed by atoms with Crippen LogP contribution in [-0.4, -0.2) is 59.9 Å². The van der Waals surface area contributed by atoms with Crippen LogP contribution in [0.3, 0.4) is 0 Å². The molecule has 1 aliphatic heterocycles. The van der Waals surface area contributed by atoms with Crippen molar-refractivity contribution in [1.29, 1.82) is 0 Å². The van der Waals surface area contributed by atoms with Crippen molar-refractivity contribution in [3.05, 3.63) is 87.6 Å². The standard InChI is InChI=1S/C34H40N6O5.K/c1-2-6-29-28(19-22-9-11-23(12-10-22)26-7-3-4-8-27(26)30-37-33(42)45-38-30)31(41)39(32-35-21-36-40(29)32)24-13-15-25(16-14-24)44-20-34(43)17-5-18-34;/h3-4,7-12,21,24-25,33,42-43H,2,5-6,13-20H2,1H3,(H,37,38);/q;+1. The van der Waals surface area contributed by atoms with Crippen LogP contribution in [0.4, 0.5) is 0 Å². The molecule has 1 atom stereocenters. The van der Waals surface area contributed by atoms with Crippen LogP contribution in [-0.2, 0) is 22.4 Å². The maximum Gasteiger partial charge on any atom is 1.00 e. The van der Waals surface area contributed by atoms with E-state index in [9.17, 15) is 15.0 Å². The summed E-state index contributed by atoms with van der Waals surface area (Å²) >= 11 is 0. The fourth-order valence-corrected chi connectivity index (χ4v) is 6.89. The van der Waals surface area contributed by atoms with Gasteiger partial charge in [-0.05, 0) is 68.1 Å². The number of hydrogen-bond donors (Lipinski definition) is 3. The molecule has 2 aliphatic carbocycles. The summed E-state index contributed by atoms with van der Waals surface area (Å²) in [6.07, 6.45) is 8.52. The smallest absolute Gasteiger partial charge is 0.387 e. The van der Waals surface area contributed by atoms with Gasteiger partial charge in [0.25, 0.3) is 12.0 Å². The number of aryl methyl sites for hydroxylation is 1. The predicted molar refractivity (Wildman–Crippen MR) is 169 cm³/mol. The number of rotatable bonds is 10. The van der Waals surface area contributed by atoms with E-state index in [1.165, 1.54) is 0 Å². The van der Waals surface area contributed by atoms with Crippen molar-refractivity contribution in [2.24, 2.45) is 4.99 Å². The van der Waals surface area contributed by atoms with Gasteiger partial charge >= 0.3 is 51.4 Å². The van der Waals surface area contributed by atoms with E-state index in [0.29, 0.717) is 24.6 Å². The van der Waals surface area contributed by atoms with Crippen molar-refractivity contribution in [2.45, 2.75) is 95.3 Å². The molecular formula is C34H40KN6O5+. The van der Waals surface area contributed by atoms with Crippen LogP contribution in [0.15, 0.2) is 64.6 Å². The average Bonchev–Trinajstić information content (AvgIpc) is 3.71. The van der Waals surface area contributed by atoms with Crippen LogP contribution in [0.5, 0.6) is 0 Å². The van der Waals surface area contributed by atoms with Gasteiger partial charge in [0, 0.05) is 23.6 Å². The summed E-state index contributed by atoms with van der Waals surface area (Å²) in [4.78, 5) is 28.0. The van der Waals surface area contributed by atoms with Crippen LogP contribution in [0, 0.1) is 0 Å². The number of aromatic nitrogens is 4. The molecule has 2 fully saturated rings. The van der Waals surface area contributed by atoms with Gasteiger partial charge in [-0.2, -0.15) is 10.1 Å². The number of aliphatic imine (C=N–C) groups is 1. The molecule has 2 saturated carbocycles. The third-order valence-corrected chi connectivity index (χ3v) is 9.52. The van der Waals surface area contributed by atoms with Gasteiger partial charge in [0.1, 0.15) is 6.33 Å². The first-order chi connectivity index (χ1) is 21.9. The zero-order chi connectivity index (χ0) is 31.0. The molecule has 7 rings (SSSR count). The van der Waals surface area contributed by atoms with Gasteiger partial charge < -0.3 is 14.9 Å². The number of ether oxygens (including phenoxy) is 1. The average molecular weight is 652 g/mol. The molecule has 2 aromatic heterocycles. The fraction of sp³-hybridized carbons (Fsp3) is 0.471. The van der Waals surface area contributed by atoms with Crippen LogP contribution in [0.25, 0.3) is 16.9 Å². The van der Waals surface area contributed by atoms with Crippen LogP contribution >= 0.6 is 0 Å². The van der Waals surface area contributed by atoms with Crippen LogP contribution < -0.4 is 62.4 Å². The van der Waals surface area contributed by atoms with Gasteiger partial charge in [0.15, 0.2) is 5.84 Å². The van der Waals surface area contributed by atoms with E-state index in [-0.39, 0.29) is 69.1 Å². The molecule has 0 amide bonds. The van der Waals surface area contributed by atoms with E-state index in [4.69, 9.17) is 9.57 Å². The maximum absolute atomic E-state index is 14.3. The SMILES string of the molecule is CCCc1c(Cc2ccc(-c3ccccc3C3=NC(O)ON3)cc2)c(=O)n(C2CCC(OCC3(O)CCC3)CC2)c2ncnn12.[K+]. The second-order valence-electron chi connectivity index (χ2n) is 12.6. The monoisotopic (exact) mass is 651 g/mol. The van der Waals surface area contributed by atoms with Gasteiger partial charge in [-0.3, -0.25) is 9.36 Å². The molecule has 0 radical (unpaired) electrons. The molecule has 0 spiro atoms. The Hall–Kier alpha value is -2.26. The Labute approximate surface area is 310 Å². The quantitative estimate of drug-likeness (QED) is 0.217. The molecule has 1 unspecified atom stereocenters. The van der Waals surface area contributed by atoms with Crippen molar-refractivity contribution < 1.29 is 71.2 Å². The molecule has 3 N–H and O–H groups in total. The Morgan fingerprint density at radius 3 is 2.46 bits per heavy atom. The van der Waals surface area contributed by atoms with Crippen molar-refractivity contribution in [3.63, 3.8) is 0 Å². The summed E-state index contributed by atoms with van der Waals surface area (Å²) in [7, 11) is 0. The number of nitrogens with zero attached hydrogens (tertiary/aromatic N) is 5. The Kier molecular flexibility index (Phi) is 10.6. The number of hydroxylamine groups is 1. The molecule has 236 valence electrons. The predicted octanol–water partition coefficient (Wildman–Crippen LogP) is 1.08. The number of nitrogens with one attached hydrogen (secondary N) is 1. The second-order valence-corrected chi connectivity index (χ2v) is 12.6. The molecule has 3 aliphatic rings. The van der Waals surface area contributed by atoms with Crippen molar-refractivity contribution >= 4 is 11.6 Å². The normalized spacial score (nSPS) is 22.2. The molecule has 11 nitrogen and oxygen atoms in total. The van der Waals surface area contributed by atoms with Crippen LogP contribution in [0.2, 0.25) is 0 Å². The van der Waals surface area contributed by atoms with Crippen LogP contribution in [0.1, 0.15) is 86.7 Å². The molecule has 2 aromatic carbocycles. The summed E-state index contributed by atoms with van der Waals surface area (Å²) in [6, 6.07) is 16.0. The van der Waals surface area contributed by atoms with Gasteiger partial charge in [-0.15, -0.1) is 0 Å². The summed E-state index contributed by atoms with van der Waals surface area (Å²) < 4.78 is 9.85. The fourth-order valence-electron chi connectivity index (χ4n) is 6.89. The summed E-state index contributed by atoms with van der Waals surface area (Å²) in [6.45, 7) is 2.51. The molecular weight excluding hydrogens is 612 g/mol. The number of hydrogen-bond acceptors (Lipinski definition) is 9.